The highest BCUT2D eigenvalue weighted by atomic mass is 15.2. The second-order valence-corrected chi connectivity index (χ2v) is 18.8. The molecule has 0 unspecified atom stereocenters. The fourth-order valence-electron chi connectivity index (χ4n) is 12.6. The minimum Gasteiger partial charge on any atom is -0.310 e. The molecule has 1 spiro atoms. The molecule has 0 saturated carbocycles. The van der Waals surface area contributed by atoms with E-state index in [-0.39, 0.29) is 0 Å². The molecular formula is C67H43N3. The van der Waals surface area contributed by atoms with Gasteiger partial charge in [-0.25, -0.2) is 0 Å². The summed E-state index contributed by atoms with van der Waals surface area (Å²) in [7, 11) is 0. The zero-order valence-electron chi connectivity index (χ0n) is 38.2. The van der Waals surface area contributed by atoms with Crippen molar-refractivity contribution in [2.75, 3.05) is 9.80 Å². The lowest BCUT2D eigenvalue weighted by Gasteiger charge is -2.41. The van der Waals surface area contributed by atoms with Crippen molar-refractivity contribution in [2.45, 2.75) is 5.41 Å². The Morgan fingerprint density at radius 3 is 1.60 bits per heavy atom. The van der Waals surface area contributed by atoms with Crippen molar-refractivity contribution in [1.82, 2.24) is 4.57 Å². The van der Waals surface area contributed by atoms with Crippen LogP contribution >= 0.6 is 0 Å². The van der Waals surface area contributed by atoms with Crippen LogP contribution < -0.4 is 9.80 Å². The lowest BCUT2D eigenvalue weighted by atomic mass is 9.65. The second-order valence-electron chi connectivity index (χ2n) is 18.8. The summed E-state index contributed by atoms with van der Waals surface area (Å²) in [5.41, 5.74) is 17.4. The van der Waals surface area contributed by atoms with E-state index < -0.39 is 5.41 Å². The first-order valence-corrected chi connectivity index (χ1v) is 24.3. The summed E-state index contributed by atoms with van der Waals surface area (Å²) in [4.78, 5) is 4.97. The molecule has 0 radical (unpaired) electrons. The van der Waals surface area contributed by atoms with Crippen LogP contribution in [0.5, 0.6) is 0 Å². The number of aromatic nitrogens is 1. The molecule has 2 heterocycles. The Morgan fingerprint density at radius 2 is 0.857 bits per heavy atom. The maximum Gasteiger partial charge on any atom is 0.0754 e. The molecule has 0 bridgehead atoms. The Labute approximate surface area is 406 Å². The lowest BCUT2D eigenvalue weighted by molar-refractivity contribution is 0.748. The molecule has 0 atom stereocenters. The molecule has 3 nitrogen and oxygen atoms in total. The predicted molar refractivity (Wildman–Crippen MR) is 294 cm³/mol. The summed E-state index contributed by atoms with van der Waals surface area (Å²) in [5, 5.41) is 9.75. The van der Waals surface area contributed by atoms with Gasteiger partial charge < -0.3 is 14.4 Å². The smallest absolute Gasteiger partial charge is 0.0754 e. The zero-order chi connectivity index (χ0) is 45.9. The van der Waals surface area contributed by atoms with E-state index in [9.17, 15) is 0 Å². The Balaban J connectivity index is 1.10. The summed E-state index contributed by atoms with van der Waals surface area (Å²) in [5.74, 6) is 0. The van der Waals surface area contributed by atoms with Crippen molar-refractivity contribution in [1.29, 1.82) is 0 Å². The largest absolute Gasteiger partial charge is 0.310 e. The molecule has 15 rings (SSSR count). The number of benzene rings is 12. The van der Waals surface area contributed by atoms with Crippen LogP contribution in [-0.4, -0.2) is 4.57 Å². The highest BCUT2D eigenvalue weighted by Gasteiger charge is 2.51. The van der Waals surface area contributed by atoms with E-state index in [4.69, 9.17) is 0 Å². The van der Waals surface area contributed by atoms with Crippen molar-refractivity contribution in [3.63, 3.8) is 0 Å². The third-order valence-electron chi connectivity index (χ3n) is 15.3. The fraction of sp³-hybridized carbons (Fsp3) is 0.0149. The Kier molecular flexibility index (Phi) is 8.28. The summed E-state index contributed by atoms with van der Waals surface area (Å²) >= 11 is 0. The van der Waals surface area contributed by atoms with Gasteiger partial charge in [0.25, 0.3) is 0 Å². The maximum atomic E-state index is 2.60. The number of nitrogens with zero attached hydrogens (tertiary/aromatic N) is 3. The number of hydrogen-bond donors (Lipinski definition) is 0. The molecule has 0 N–H and O–H groups in total. The highest BCUT2D eigenvalue weighted by Crippen LogP contribution is 2.63. The van der Waals surface area contributed by atoms with Crippen molar-refractivity contribution in [3.05, 3.63) is 283 Å². The summed E-state index contributed by atoms with van der Waals surface area (Å²) in [6.45, 7) is 0. The first-order valence-electron chi connectivity index (χ1n) is 24.3. The van der Waals surface area contributed by atoms with E-state index in [0.29, 0.717) is 0 Å². The average molecular weight is 890 g/mol. The Hall–Kier alpha value is -9.18. The number of rotatable bonds is 6. The van der Waals surface area contributed by atoms with Crippen molar-refractivity contribution in [3.8, 4) is 16.8 Å². The molecule has 326 valence electrons. The van der Waals surface area contributed by atoms with Crippen LogP contribution in [-0.2, 0) is 5.41 Å². The summed E-state index contributed by atoms with van der Waals surface area (Å²) in [6.07, 6.45) is 0. The third-order valence-corrected chi connectivity index (χ3v) is 15.3. The van der Waals surface area contributed by atoms with Crippen LogP contribution in [0.25, 0.3) is 70.9 Å². The van der Waals surface area contributed by atoms with Crippen LogP contribution in [0.3, 0.4) is 0 Å². The predicted octanol–water partition coefficient (Wildman–Crippen LogP) is 17.9. The van der Waals surface area contributed by atoms with Gasteiger partial charge in [0.1, 0.15) is 0 Å². The Morgan fingerprint density at radius 1 is 0.300 bits per heavy atom. The first-order chi connectivity index (χ1) is 34.8. The zero-order valence-corrected chi connectivity index (χ0v) is 38.2. The van der Waals surface area contributed by atoms with Crippen molar-refractivity contribution >= 4 is 88.2 Å². The van der Waals surface area contributed by atoms with Crippen LogP contribution in [0.4, 0.5) is 34.1 Å². The van der Waals surface area contributed by atoms with Gasteiger partial charge in [-0.1, -0.05) is 200 Å². The molecule has 2 aliphatic rings. The van der Waals surface area contributed by atoms with Gasteiger partial charge in [-0.2, -0.15) is 0 Å². The standard InChI is InChI=1S/C67H43N3/c1-3-23-46(24-4-1)68(60-37-19-22-44-20-7-10-28-50(44)60)48-38-39-58-64(43-48)70-61-36-18-15-33-55(61)65-62(41-40-59(66(65)70)67(58)56-34-16-13-30-52(56)53-31-14-17-35-57(53)67)69(47-25-5-2-6-26-47)63-42-45-21-8-9-27-49(45)51-29-11-12-32-54(51)63/h1-43H. The van der Waals surface area contributed by atoms with Crippen molar-refractivity contribution < 1.29 is 0 Å². The minimum absolute atomic E-state index is 0.619. The normalized spacial score (nSPS) is 13.0. The SMILES string of the molecule is c1ccc(N(c2ccc3c(c2)-n2c4ccccc4c4c(N(c5ccccc5)c5cc6ccccc6c6ccccc56)ccc(c42)C32c3ccccc3-c3ccccc32)c2cccc3ccccc23)cc1. The molecule has 1 aromatic heterocycles. The molecule has 70 heavy (non-hydrogen) atoms. The molecule has 0 amide bonds. The van der Waals surface area contributed by atoms with Gasteiger partial charge in [0.05, 0.1) is 39.2 Å². The monoisotopic (exact) mass is 889 g/mol. The van der Waals surface area contributed by atoms with Gasteiger partial charge in [-0.3, -0.25) is 0 Å². The van der Waals surface area contributed by atoms with E-state index in [1.807, 2.05) is 0 Å². The van der Waals surface area contributed by atoms with E-state index in [2.05, 4.69) is 275 Å². The highest BCUT2D eigenvalue weighted by molar-refractivity contribution is 6.21. The van der Waals surface area contributed by atoms with Gasteiger partial charge >= 0.3 is 0 Å². The number of fused-ring (bicyclic) bond motifs is 16. The van der Waals surface area contributed by atoms with Gasteiger partial charge in [0.2, 0.25) is 0 Å². The van der Waals surface area contributed by atoms with E-state index >= 15 is 0 Å². The summed E-state index contributed by atoms with van der Waals surface area (Å²) < 4.78 is 2.60. The van der Waals surface area contributed by atoms with Crippen molar-refractivity contribution in [2.24, 2.45) is 0 Å². The van der Waals surface area contributed by atoms with Gasteiger partial charge in [0.15, 0.2) is 0 Å². The number of anilines is 6. The van der Waals surface area contributed by atoms with Crippen LogP contribution in [0, 0.1) is 0 Å². The fourth-order valence-corrected chi connectivity index (χ4v) is 12.6. The van der Waals surface area contributed by atoms with Crippen LogP contribution in [0.15, 0.2) is 261 Å². The topological polar surface area (TPSA) is 11.4 Å². The minimum atomic E-state index is -0.619. The average Bonchev–Trinajstić information content (AvgIpc) is 3.94. The molecule has 1 aliphatic carbocycles. The molecular weight excluding hydrogens is 847 g/mol. The third kappa shape index (κ3) is 5.29. The molecule has 13 aromatic rings. The lowest BCUT2D eigenvalue weighted by Crippen LogP contribution is -2.33. The molecule has 3 heteroatoms. The number of para-hydroxylation sites is 3. The van der Waals surface area contributed by atoms with Gasteiger partial charge in [-0.05, 0) is 116 Å². The second kappa shape index (κ2) is 14.9. The van der Waals surface area contributed by atoms with E-state index in [0.717, 1.165) is 34.1 Å². The van der Waals surface area contributed by atoms with Gasteiger partial charge in [-0.15, -0.1) is 0 Å². The molecule has 12 aromatic carbocycles. The van der Waals surface area contributed by atoms with Crippen LogP contribution in [0.2, 0.25) is 0 Å². The van der Waals surface area contributed by atoms with Gasteiger partial charge in [0, 0.05) is 38.6 Å². The van der Waals surface area contributed by atoms with E-state index in [1.165, 1.54) is 93.2 Å². The summed E-state index contributed by atoms with van der Waals surface area (Å²) in [6, 6.07) is 96.9. The maximum absolute atomic E-state index is 2.60. The van der Waals surface area contributed by atoms with E-state index in [1.54, 1.807) is 0 Å². The molecule has 1 aliphatic heterocycles. The molecule has 0 saturated heterocycles. The first kappa shape index (κ1) is 38.9. The molecule has 0 fully saturated rings. The number of hydrogen-bond acceptors (Lipinski definition) is 2. The Bertz CT molecular complexity index is 4210. The van der Waals surface area contributed by atoms with Crippen LogP contribution in [0.1, 0.15) is 22.3 Å². The quantitative estimate of drug-likeness (QED) is 0.154.